The number of hydrogen-bond donors (Lipinski definition) is 1. The van der Waals surface area contributed by atoms with Gasteiger partial charge in [0, 0.05) is 6.20 Å². The molecule has 2 heterocycles. The fourth-order valence-electron chi connectivity index (χ4n) is 2.32. The monoisotopic (exact) mass is 357 g/mol. The molecule has 3 rings (SSSR count). The molecule has 0 bridgehead atoms. The summed E-state index contributed by atoms with van der Waals surface area (Å²) in [5.41, 5.74) is 0.532. The minimum Gasteiger partial charge on any atom is -0.506 e. The van der Waals surface area contributed by atoms with E-state index >= 15 is 0 Å². The third-order valence-corrected chi connectivity index (χ3v) is 3.69. The molecule has 2 aromatic heterocycles. The van der Waals surface area contributed by atoms with Crippen molar-refractivity contribution in [2.24, 2.45) is 0 Å². The molecule has 126 valence electrons. The van der Waals surface area contributed by atoms with Crippen LogP contribution >= 0.6 is 11.6 Å². The van der Waals surface area contributed by atoms with Crippen LogP contribution in [-0.4, -0.2) is 25.0 Å². The van der Waals surface area contributed by atoms with Crippen LogP contribution in [0.15, 0.2) is 55.0 Å². The van der Waals surface area contributed by atoms with Gasteiger partial charge in [0.15, 0.2) is 0 Å². The Balaban J connectivity index is 2.17. The maximum atomic E-state index is 11.5. The van der Waals surface area contributed by atoms with Gasteiger partial charge in [-0.05, 0) is 24.3 Å². The second-order valence-electron chi connectivity index (χ2n) is 4.99. The number of hydrogen-bond acceptors (Lipinski definition) is 7. The number of rotatable bonds is 5. The predicted molar refractivity (Wildman–Crippen MR) is 91.9 cm³/mol. The molecule has 0 radical (unpaired) electrons. The smallest absolute Gasteiger partial charge is 0.348 e. The highest BCUT2D eigenvalue weighted by molar-refractivity contribution is 6.31. The van der Waals surface area contributed by atoms with Crippen LogP contribution in [0.25, 0.3) is 0 Å². The first-order chi connectivity index (χ1) is 12.1. The summed E-state index contributed by atoms with van der Waals surface area (Å²) in [6.07, 6.45) is 2.75. The fraction of sp³-hybridized carbons (Fsp3) is 0.0625. The van der Waals surface area contributed by atoms with Crippen molar-refractivity contribution in [3.05, 3.63) is 76.0 Å². The molecule has 0 unspecified atom stereocenters. The summed E-state index contributed by atoms with van der Waals surface area (Å²) in [6, 6.07) is 11.8. The molecule has 0 aliphatic rings. The molecular formula is C16H12ClN5O3. The first-order valence-corrected chi connectivity index (χ1v) is 7.56. The van der Waals surface area contributed by atoms with Crippen molar-refractivity contribution in [2.75, 3.05) is 4.90 Å². The molecule has 3 aromatic rings. The quantitative estimate of drug-likeness (QED) is 0.423. The molecule has 0 fully saturated rings. The number of benzene rings is 1. The van der Waals surface area contributed by atoms with Crippen LogP contribution < -0.4 is 4.90 Å². The number of para-hydroxylation sites is 2. The zero-order valence-electron chi connectivity index (χ0n) is 12.8. The number of nitrogens with zero attached hydrogens (tertiary/aromatic N) is 5. The van der Waals surface area contributed by atoms with Gasteiger partial charge in [-0.1, -0.05) is 29.8 Å². The number of phenolic OH excluding ortho intramolecular Hbond substituents is 1. The van der Waals surface area contributed by atoms with Crippen LogP contribution in [0.1, 0.15) is 5.69 Å². The lowest BCUT2D eigenvalue weighted by atomic mass is 10.2. The number of anilines is 2. The number of phenols is 1. The summed E-state index contributed by atoms with van der Waals surface area (Å²) in [5, 5.41) is 21.4. The fourth-order valence-corrected chi connectivity index (χ4v) is 2.52. The molecule has 0 aliphatic heterocycles. The molecular weight excluding hydrogens is 346 g/mol. The van der Waals surface area contributed by atoms with E-state index in [0.29, 0.717) is 11.4 Å². The van der Waals surface area contributed by atoms with E-state index in [0.717, 1.165) is 6.33 Å². The Kier molecular flexibility index (Phi) is 4.71. The number of halogens is 1. The Labute approximate surface area is 147 Å². The highest BCUT2D eigenvalue weighted by atomic mass is 35.5. The van der Waals surface area contributed by atoms with Crippen LogP contribution in [0.5, 0.6) is 5.75 Å². The lowest BCUT2D eigenvalue weighted by molar-refractivity contribution is -0.384. The minimum absolute atomic E-state index is 0.0304. The number of pyridine rings is 1. The van der Waals surface area contributed by atoms with Crippen molar-refractivity contribution in [3.8, 4) is 5.75 Å². The molecule has 0 amide bonds. The van der Waals surface area contributed by atoms with Gasteiger partial charge in [0.1, 0.15) is 12.1 Å². The van der Waals surface area contributed by atoms with E-state index in [-0.39, 0.29) is 23.3 Å². The van der Waals surface area contributed by atoms with E-state index < -0.39 is 10.6 Å². The van der Waals surface area contributed by atoms with Gasteiger partial charge in [-0.2, -0.15) is 0 Å². The molecule has 25 heavy (non-hydrogen) atoms. The molecule has 0 atom stereocenters. The lowest BCUT2D eigenvalue weighted by Crippen LogP contribution is -2.20. The van der Waals surface area contributed by atoms with Crippen molar-refractivity contribution in [2.45, 2.75) is 6.54 Å². The number of aromatic hydroxyl groups is 1. The van der Waals surface area contributed by atoms with Crippen molar-refractivity contribution in [1.82, 2.24) is 15.0 Å². The van der Waals surface area contributed by atoms with Gasteiger partial charge in [-0.25, -0.2) is 9.97 Å². The normalized spacial score (nSPS) is 10.4. The van der Waals surface area contributed by atoms with Gasteiger partial charge in [0.05, 0.1) is 22.8 Å². The first kappa shape index (κ1) is 16.6. The van der Waals surface area contributed by atoms with E-state index in [2.05, 4.69) is 15.0 Å². The van der Waals surface area contributed by atoms with Crippen LogP contribution in [0.4, 0.5) is 17.2 Å². The van der Waals surface area contributed by atoms with Crippen LogP contribution in [0, 0.1) is 10.1 Å². The third kappa shape index (κ3) is 3.48. The summed E-state index contributed by atoms with van der Waals surface area (Å²) >= 11 is 5.90. The van der Waals surface area contributed by atoms with Crippen LogP contribution in [0.2, 0.25) is 5.15 Å². The van der Waals surface area contributed by atoms with E-state index in [1.54, 1.807) is 42.6 Å². The second-order valence-corrected chi connectivity index (χ2v) is 5.35. The molecule has 8 nitrogen and oxygen atoms in total. The molecule has 0 saturated carbocycles. The minimum atomic E-state index is -0.650. The van der Waals surface area contributed by atoms with Gasteiger partial charge in [0.25, 0.3) is 0 Å². The van der Waals surface area contributed by atoms with Gasteiger partial charge < -0.3 is 10.0 Å². The summed E-state index contributed by atoms with van der Waals surface area (Å²) < 4.78 is 0. The van der Waals surface area contributed by atoms with Crippen molar-refractivity contribution in [1.29, 1.82) is 0 Å². The zero-order valence-corrected chi connectivity index (χ0v) is 13.5. The number of nitro groups is 1. The molecule has 0 aliphatic carbocycles. The average Bonchev–Trinajstić information content (AvgIpc) is 2.61. The Morgan fingerprint density at radius 3 is 2.56 bits per heavy atom. The van der Waals surface area contributed by atoms with Crippen molar-refractivity contribution in [3.63, 3.8) is 0 Å². The Hall–Kier alpha value is -3.26. The van der Waals surface area contributed by atoms with Gasteiger partial charge in [0.2, 0.25) is 11.0 Å². The molecule has 0 spiro atoms. The van der Waals surface area contributed by atoms with Gasteiger partial charge >= 0.3 is 5.69 Å². The van der Waals surface area contributed by atoms with Gasteiger partial charge in [-0.15, -0.1) is 0 Å². The zero-order chi connectivity index (χ0) is 17.8. The second kappa shape index (κ2) is 7.10. The highest BCUT2D eigenvalue weighted by Gasteiger charge is 2.28. The van der Waals surface area contributed by atoms with Gasteiger partial charge in [-0.3, -0.25) is 15.1 Å². The maximum Gasteiger partial charge on any atom is 0.348 e. The largest absolute Gasteiger partial charge is 0.506 e. The average molecular weight is 358 g/mol. The van der Waals surface area contributed by atoms with Crippen LogP contribution in [0.3, 0.4) is 0 Å². The molecule has 1 N–H and O–H groups in total. The van der Waals surface area contributed by atoms with E-state index in [1.807, 2.05) is 0 Å². The topological polar surface area (TPSA) is 105 Å². The summed E-state index contributed by atoms with van der Waals surface area (Å²) in [5.74, 6) is -0.0837. The molecule has 1 aromatic carbocycles. The number of aromatic nitrogens is 3. The summed E-state index contributed by atoms with van der Waals surface area (Å²) in [6.45, 7) is 0.145. The van der Waals surface area contributed by atoms with Crippen molar-refractivity contribution < 1.29 is 10.0 Å². The first-order valence-electron chi connectivity index (χ1n) is 7.18. The van der Waals surface area contributed by atoms with E-state index in [4.69, 9.17) is 11.6 Å². The third-order valence-electron chi connectivity index (χ3n) is 3.42. The SMILES string of the molecule is O=[N+]([O-])c1c(Cl)ncnc1N(Cc1ccccn1)c1ccccc1O. The Morgan fingerprint density at radius 2 is 1.88 bits per heavy atom. The van der Waals surface area contributed by atoms with E-state index in [9.17, 15) is 15.2 Å². The van der Waals surface area contributed by atoms with Crippen LogP contribution in [-0.2, 0) is 6.54 Å². The highest BCUT2D eigenvalue weighted by Crippen LogP contribution is 2.39. The Bertz CT molecular complexity index is 907. The predicted octanol–water partition coefficient (Wildman–Crippen LogP) is 3.48. The molecule has 0 saturated heterocycles. The maximum absolute atomic E-state index is 11.5. The standard InChI is InChI=1S/C16H12ClN5O3/c17-15-14(22(24)25)16(20-10-19-15)21(9-11-5-3-4-8-18-11)12-6-1-2-7-13(12)23/h1-8,10,23H,9H2. The summed E-state index contributed by atoms with van der Waals surface area (Å²) in [4.78, 5) is 24.2. The van der Waals surface area contributed by atoms with E-state index in [1.165, 1.54) is 11.0 Å². The van der Waals surface area contributed by atoms with Crippen molar-refractivity contribution >= 4 is 28.8 Å². The summed E-state index contributed by atoms with van der Waals surface area (Å²) in [7, 11) is 0. The lowest BCUT2D eigenvalue weighted by Gasteiger charge is -2.24. The molecule has 9 heteroatoms. The Morgan fingerprint density at radius 1 is 1.12 bits per heavy atom.